The zero-order valence-corrected chi connectivity index (χ0v) is 7.91. The van der Waals surface area contributed by atoms with E-state index in [1.54, 1.807) is 0 Å². The summed E-state index contributed by atoms with van der Waals surface area (Å²) >= 11 is 0. The minimum Gasteiger partial charge on any atom is -0.378 e. The Balaban J connectivity index is 2.75. The van der Waals surface area contributed by atoms with Crippen molar-refractivity contribution in [2.24, 2.45) is 0 Å². The molecule has 3 heteroatoms. The van der Waals surface area contributed by atoms with Gasteiger partial charge in [-0.2, -0.15) is 5.26 Å². The van der Waals surface area contributed by atoms with E-state index < -0.39 is 0 Å². The van der Waals surface area contributed by atoms with Crippen molar-refractivity contribution >= 4 is 11.4 Å². The van der Waals surface area contributed by atoms with Crippen molar-refractivity contribution < 1.29 is 0 Å². The number of benzene rings is 1. The van der Waals surface area contributed by atoms with Crippen molar-refractivity contribution in [3.8, 4) is 6.07 Å². The lowest BCUT2D eigenvalue weighted by molar-refractivity contribution is 1.13. The fourth-order valence-electron chi connectivity index (χ4n) is 1.04. The summed E-state index contributed by atoms with van der Waals surface area (Å²) in [6.45, 7) is 0.344. The molecule has 0 atom stereocenters. The fourth-order valence-corrected chi connectivity index (χ4v) is 1.04. The minimum absolute atomic E-state index is 0.344. The molecule has 0 bridgehead atoms. The molecule has 0 aromatic heterocycles. The van der Waals surface area contributed by atoms with E-state index in [4.69, 9.17) is 5.26 Å². The monoisotopic (exact) mass is 175 g/mol. The number of rotatable bonds is 3. The van der Waals surface area contributed by atoms with E-state index in [0.717, 1.165) is 11.4 Å². The van der Waals surface area contributed by atoms with Gasteiger partial charge in [0.1, 0.15) is 6.54 Å². The smallest absolute Gasteiger partial charge is 0.103 e. The maximum absolute atomic E-state index is 8.38. The number of hydrogen-bond donors (Lipinski definition) is 1. The molecule has 0 heterocycles. The lowest BCUT2D eigenvalue weighted by Crippen LogP contribution is -2.09. The normalized spacial score (nSPS) is 9.00. The summed E-state index contributed by atoms with van der Waals surface area (Å²) < 4.78 is 0. The molecule has 13 heavy (non-hydrogen) atoms. The Hall–Kier alpha value is -1.69. The van der Waals surface area contributed by atoms with Crippen molar-refractivity contribution in [2.45, 2.75) is 0 Å². The van der Waals surface area contributed by atoms with Crippen LogP contribution in [0.3, 0.4) is 0 Å². The van der Waals surface area contributed by atoms with Gasteiger partial charge in [-0.1, -0.05) is 6.07 Å². The summed E-state index contributed by atoms with van der Waals surface area (Å²) in [5, 5.41) is 11.4. The average Bonchev–Trinajstić information content (AvgIpc) is 2.15. The van der Waals surface area contributed by atoms with Gasteiger partial charge in [-0.15, -0.1) is 0 Å². The standard InChI is InChI=1S/C10H13N3/c1-13(2)10-5-3-4-9(8-10)12-7-6-11/h3-5,8,12H,7H2,1-2H3. The van der Waals surface area contributed by atoms with E-state index in [0.29, 0.717) is 6.54 Å². The third-order valence-electron chi connectivity index (χ3n) is 1.73. The van der Waals surface area contributed by atoms with Gasteiger partial charge in [0.15, 0.2) is 0 Å². The van der Waals surface area contributed by atoms with Crippen molar-refractivity contribution in [3.63, 3.8) is 0 Å². The molecule has 0 saturated heterocycles. The van der Waals surface area contributed by atoms with Crippen LogP contribution in [0.5, 0.6) is 0 Å². The summed E-state index contributed by atoms with van der Waals surface area (Å²) in [4.78, 5) is 2.03. The van der Waals surface area contributed by atoms with Crippen LogP contribution in [0.15, 0.2) is 24.3 Å². The second-order valence-corrected chi connectivity index (χ2v) is 2.96. The van der Waals surface area contributed by atoms with Crippen LogP contribution >= 0.6 is 0 Å². The quantitative estimate of drug-likeness (QED) is 0.710. The van der Waals surface area contributed by atoms with Crippen LogP contribution in [0, 0.1) is 11.3 Å². The molecule has 0 spiro atoms. The molecular weight excluding hydrogens is 162 g/mol. The minimum atomic E-state index is 0.344. The zero-order valence-electron chi connectivity index (χ0n) is 7.91. The third kappa shape index (κ3) is 2.68. The lowest BCUT2D eigenvalue weighted by atomic mass is 10.2. The van der Waals surface area contributed by atoms with Crippen LogP contribution in [0.4, 0.5) is 11.4 Å². The SMILES string of the molecule is CN(C)c1cccc(NCC#N)c1. The molecular formula is C10H13N3. The Labute approximate surface area is 78.6 Å². The van der Waals surface area contributed by atoms with Gasteiger partial charge >= 0.3 is 0 Å². The highest BCUT2D eigenvalue weighted by atomic mass is 15.1. The molecule has 0 radical (unpaired) electrons. The molecule has 1 rings (SSSR count). The first-order chi connectivity index (χ1) is 6.24. The van der Waals surface area contributed by atoms with Crippen molar-refractivity contribution in [1.82, 2.24) is 0 Å². The maximum atomic E-state index is 8.38. The van der Waals surface area contributed by atoms with Gasteiger partial charge < -0.3 is 10.2 Å². The van der Waals surface area contributed by atoms with Crippen LogP contribution in [0.1, 0.15) is 0 Å². The summed E-state index contributed by atoms with van der Waals surface area (Å²) in [5.74, 6) is 0. The van der Waals surface area contributed by atoms with Crippen LogP contribution in [0.25, 0.3) is 0 Å². The third-order valence-corrected chi connectivity index (χ3v) is 1.73. The summed E-state index contributed by atoms with van der Waals surface area (Å²) in [6, 6.07) is 9.99. The van der Waals surface area contributed by atoms with Gasteiger partial charge in [0.25, 0.3) is 0 Å². The molecule has 0 aliphatic heterocycles. The molecule has 1 aromatic carbocycles. The highest BCUT2D eigenvalue weighted by Gasteiger charge is 1.95. The van der Waals surface area contributed by atoms with E-state index in [1.807, 2.05) is 49.3 Å². The predicted octanol–water partition coefficient (Wildman–Crippen LogP) is 1.69. The Bertz CT molecular complexity index is 312. The first-order valence-electron chi connectivity index (χ1n) is 4.12. The Kier molecular flexibility index (Phi) is 3.15. The lowest BCUT2D eigenvalue weighted by Gasteiger charge is -2.13. The van der Waals surface area contributed by atoms with Crippen molar-refractivity contribution in [2.75, 3.05) is 30.9 Å². The number of nitrogens with zero attached hydrogens (tertiary/aromatic N) is 2. The Morgan fingerprint density at radius 3 is 2.85 bits per heavy atom. The first-order valence-corrected chi connectivity index (χ1v) is 4.12. The van der Waals surface area contributed by atoms with E-state index >= 15 is 0 Å². The van der Waals surface area contributed by atoms with E-state index in [1.165, 1.54) is 0 Å². The number of anilines is 2. The van der Waals surface area contributed by atoms with Gasteiger partial charge in [-0.3, -0.25) is 0 Å². The van der Waals surface area contributed by atoms with E-state index in [2.05, 4.69) is 5.32 Å². The molecule has 0 saturated carbocycles. The van der Waals surface area contributed by atoms with Crippen LogP contribution in [-0.4, -0.2) is 20.6 Å². The van der Waals surface area contributed by atoms with Crippen LogP contribution < -0.4 is 10.2 Å². The number of hydrogen-bond acceptors (Lipinski definition) is 3. The van der Waals surface area contributed by atoms with E-state index in [-0.39, 0.29) is 0 Å². The number of nitriles is 1. The Morgan fingerprint density at radius 1 is 1.46 bits per heavy atom. The molecule has 3 nitrogen and oxygen atoms in total. The second kappa shape index (κ2) is 4.36. The molecule has 1 N–H and O–H groups in total. The zero-order chi connectivity index (χ0) is 9.68. The van der Waals surface area contributed by atoms with Gasteiger partial charge in [0.05, 0.1) is 6.07 Å². The van der Waals surface area contributed by atoms with Crippen LogP contribution in [0.2, 0.25) is 0 Å². The molecule has 0 aliphatic carbocycles. The van der Waals surface area contributed by atoms with Gasteiger partial charge in [-0.25, -0.2) is 0 Å². The molecule has 0 fully saturated rings. The summed E-state index contributed by atoms with van der Waals surface area (Å²) in [6.07, 6.45) is 0. The van der Waals surface area contributed by atoms with E-state index in [9.17, 15) is 0 Å². The molecule has 68 valence electrons. The highest BCUT2D eigenvalue weighted by molar-refractivity contribution is 5.57. The molecule has 0 aliphatic rings. The highest BCUT2D eigenvalue weighted by Crippen LogP contribution is 2.16. The number of nitrogens with one attached hydrogen (secondary N) is 1. The predicted molar refractivity (Wildman–Crippen MR) is 54.9 cm³/mol. The largest absolute Gasteiger partial charge is 0.378 e. The molecule has 0 unspecified atom stereocenters. The summed E-state index contributed by atoms with van der Waals surface area (Å²) in [5.41, 5.74) is 2.11. The Morgan fingerprint density at radius 2 is 2.23 bits per heavy atom. The van der Waals surface area contributed by atoms with Crippen LogP contribution in [-0.2, 0) is 0 Å². The van der Waals surface area contributed by atoms with Gasteiger partial charge in [0.2, 0.25) is 0 Å². The molecule has 0 amide bonds. The van der Waals surface area contributed by atoms with Crippen molar-refractivity contribution in [1.29, 1.82) is 5.26 Å². The van der Waals surface area contributed by atoms with Gasteiger partial charge in [0, 0.05) is 25.5 Å². The topological polar surface area (TPSA) is 39.1 Å². The maximum Gasteiger partial charge on any atom is 0.103 e. The fraction of sp³-hybridized carbons (Fsp3) is 0.300. The molecule has 1 aromatic rings. The summed E-state index contributed by atoms with van der Waals surface area (Å²) in [7, 11) is 3.98. The first kappa shape index (κ1) is 9.40. The average molecular weight is 175 g/mol. The van der Waals surface area contributed by atoms with Crippen molar-refractivity contribution in [3.05, 3.63) is 24.3 Å². The second-order valence-electron chi connectivity index (χ2n) is 2.96. The van der Waals surface area contributed by atoms with Gasteiger partial charge in [-0.05, 0) is 18.2 Å².